The molecule has 2 heterocycles. The van der Waals surface area contributed by atoms with Crippen LogP contribution in [0.2, 0.25) is 0 Å². The number of rotatable bonds is 4. The molecule has 0 aliphatic rings. The molecule has 0 atom stereocenters. The second-order valence-electron chi connectivity index (χ2n) is 4.27. The van der Waals surface area contributed by atoms with Crippen LogP contribution in [0, 0.1) is 0 Å². The highest BCUT2D eigenvalue weighted by Crippen LogP contribution is 2.22. The van der Waals surface area contributed by atoms with Crippen molar-refractivity contribution in [3.8, 4) is 23.0 Å². The lowest BCUT2D eigenvalue weighted by molar-refractivity contribution is 0.577. The normalized spacial score (nSPS) is 11.8. The summed E-state index contributed by atoms with van der Waals surface area (Å²) < 4.78 is 5.27. The molecule has 0 saturated heterocycles. The van der Waals surface area contributed by atoms with E-state index in [-0.39, 0.29) is 5.88 Å². The first-order chi connectivity index (χ1) is 10.3. The summed E-state index contributed by atoms with van der Waals surface area (Å²) in [5.74, 6) is 2.40. The van der Waals surface area contributed by atoms with Crippen LogP contribution in [0.4, 0.5) is 5.69 Å². The highest BCUT2D eigenvalue weighted by molar-refractivity contribution is 6.28. The number of amidine groups is 1. The van der Waals surface area contributed by atoms with Crippen molar-refractivity contribution < 1.29 is 4.42 Å². The zero-order valence-corrected chi connectivity index (χ0v) is 11.7. The molecular weight excluding hydrogens is 290 g/mol. The average molecular weight is 302 g/mol. The van der Waals surface area contributed by atoms with Crippen LogP contribution < -0.4 is 5.73 Å². The molecule has 7 heteroatoms. The van der Waals surface area contributed by atoms with Gasteiger partial charge in [0.2, 0.25) is 0 Å². The molecule has 3 rings (SSSR count). The number of H-pyrrole nitrogens is 1. The van der Waals surface area contributed by atoms with E-state index in [0.29, 0.717) is 23.2 Å². The Morgan fingerprint density at radius 1 is 1.29 bits per heavy atom. The average Bonchev–Trinajstić information content (AvgIpc) is 3.19. The molecule has 3 aromatic rings. The van der Waals surface area contributed by atoms with E-state index in [1.165, 1.54) is 0 Å². The van der Waals surface area contributed by atoms with Gasteiger partial charge in [-0.3, -0.25) is 5.10 Å². The molecule has 0 spiro atoms. The van der Waals surface area contributed by atoms with Gasteiger partial charge < -0.3 is 10.2 Å². The fourth-order valence-electron chi connectivity index (χ4n) is 1.80. The van der Waals surface area contributed by atoms with Gasteiger partial charge in [-0.1, -0.05) is 0 Å². The third kappa shape index (κ3) is 2.95. The molecule has 0 saturated carbocycles. The number of hydrogen-bond donors (Lipinski definition) is 2. The number of aromatic nitrogens is 3. The van der Waals surface area contributed by atoms with Crippen LogP contribution in [0.25, 0.3) is 23.0 Å². The second-order valence-corrected chi connectivity index (χ2v) is 4.54. The summed E-state index contributed by atoms with van der Waals surface area (Å²) in [5.41, 5.74) is 7.19. The Balaban J connectivity index is 1.85. The van der Waals surface area contributed by atoms with Gasteiger partial charge in [-0.05, 0) is 36.4 Å². The summed E-state index contributed by atoms with van der Waals surface area (Å²) in [6.45, 7) is 0. The molecule has 6 nitrogen and oxygen atoms in total. The van der Waals surface area contributed by atoms with Crippen molar-refractivity contribution in [1.29, 1.82) is 0 Å². The van der Waals surface area contributed by atoms with Crippen LogP contribution >= 0.6 is 11.6 Å². The molecule has 0 aliphatic heterocycles. The summed E-state index contributed by atoms with van der Waals surface area (Å²) in [7, 11) is 0. The Bertz CT molecular complexity index is 746. The van der Waals surface area contributed by atoms with Crippen LogP contribution in [0.3, 0.4) is 0 Å². The van der Waals surface area contributed by atoms with E-state index in [2.05, 4.69) is 20.2 Å². The predicted molar refractivity (Wildman–Crippen MR) is 81.5 cm³/mol. The lowest BCUT2D eigenvalue weighted by Crippen LogP contribution is -2.12. The van der Waals surface area contributed by atoms with E-state index in [1.54, 1.807) is 12.3 Å². The van der Waals surface area contributed by atoms with E-state index in [1.807, 2.05) is 30.3 Å². The molecule has 0 bridgehead atoms. The van der Waals surface area contributed by atoms with Gasteiger partial charge in [0.1, 0.15) is 5.84 Å². The first kappa shape index (κ1) is 13.4. The Morgan fingerprint density at radius 3 is 2.76 bits per heavy atom. The second kappa shape index (κ2) is 5.80. The van der Waals surface area contributed by atoms with E-state index in [9.17, 15) is 0 Å². The summed E-state index contributed by atoms with van der Waals surface area (Å²) in [6.07, 6.45) is 1.59. The van der Waals surface area contributed by atoms with Gasteiger partial charge in [-0.2, -0.15) is 5.10 Å². The number of aliphatic imine (C=N–C) groups is 1. The van der Waals surface area contributed by atoms with Gasteiger partial charge in [-0.15, -0.1) is 11.6 Å². The molecule has 0 aliphatic carbocycles. The molecule has 1 aromatic carbocycles. The third-order valence-electron chi connectivity index (χ3n) is 2.78. The molecular formula is C14H12ClN5O. The summed E-state index contributed by atoms with van der Waals surface area (Å²) >= 11 is 5.59. The number of hydrogen-bond acceptors (Lipinski definition) is 4. The fourth-order valence-corrected chi connectivity index (χ4v) is 1.85. The van der Waals surface area contributed by atoms with Gasteiger partial charge in [0, 0.05) is 5.56 Å². The van der Waals surface area contributed by atoms with Crippen molar-refractivity contribution >= 4 is 23.1 Å². The molecule has 0 amide bonds. The van der Waals surface area contributed by atoms with Gasteiger partial charge in [0.25, 0.3) is 0 Å². The Kier molecular flexibility index (Phi) is 3.70. The number of nitrogens with two attached hydrogens (primary N) is 1. The van der Waals surface area contributed by atoms with Gasteiger partial charge >= 0.3 is 0 Å². The lowest BCUT2D eigenvalue weighted by Gasteiger charge is -1.98. The van der Waals surface area contributed by atoms with Gasteiger partial charge in [0.15, 0.2) is 17.4 Å². The number of aromatic amines is 1. The third-order valence-corrected chi connectivity index (χ3v) is 3.05. The summed E-state index contributed by atoms with van der Waals surface area (Å²) in [4.78, 5) is 8.54. The van der Waals surface area contributed by atoms with E-state index >= 15 is 0 Å². The van der Waals surface area contributed by atoms with Crippen molar-refractivity contribution in [3.05, 3.63) is 42.7 Å². The molecule has 0 radical (unpaired) electrons. The monoisotopic (exact) mass is 301 g/mol. The Morgan fingerprint density at radius 2 is 2.10 bits per heavy atom. The smallest absolute Gasteiger partial charge is 0.192 e. The Labute approximate surface area is 125 Å². The number of nitrogens with one attached hydrogen (secondary N) is 1. The van der Waals surface area contributed by atoms with E-state index in [4.69, 9.17) is 21.8 Å². The van der Waals surface area contributed by atoms with Crippen LogP contribution in [0.15, 0.2) is 52.1 Å². The van der Waals surface area contributed by atoms with Crippen LogP contribution in [0.1, 0.15) is 0 Å². The fraction of sp³-hybridized carbons (Fsp3) is 0.0714. The predicted octanol–water partition coefficient (Wildman–Crippen LogP) is 2.96. The largest absolute Gasteiger partial charge is 0.461 e. The first-order valence-electron chi connectivity index (χ1n) is 6.22. The van der Waals surface area contributed by atoms with Gasteiger partial charge in [-0.25, -0.2) is 9.98 Å². The van der Waals surface area contributed by atoms with E-state index < -0.39 is 0 Å². The zero-order chi connectivity index (χ0) is 14.7. The lowest BCUT2D eigenvalue weighted by atomic mass is 10.2. The Hall–Kier alpha value is -2.60. The molecule has 106 valence electrons. The standard InChI is InChI=1S/C14H12ClN5O/c15-8-12(16)17-10-5-3-9(4-6-10)13-18-14(20-19-13)11-2-1-7-21-11/h1-7H,8H2,(H2,16,17)(H,18,19,20). The minimum absolute atomic E-state index is 0.204. The number of alkyl halides is 1. The molecule has 21 heavy (non-hydrogen) atoms. The van der Waals surface area contributed by atoms with Crippen molar-refractivity contribution in [2.75, 3.05) is 5.88 Å². The maximum Gasteiger partial charge on any atom is 0.192 e. The number of halogens is 1. The van der Waals surface area contributed by atoms with E-state index in [0.717, 1.165) is 11.3 Å². The molecule has 0 fully saturated rings. The maximum absolute atomic E-state index is 5.59. The molecule has 3 N–H and O–H groups in total. The molecule has 0 unspecified atom stereocenters. The van der Waals surface area contributed by atoms with Gasteiger partial charge in [0.05, 0.1) is 17.8 Å². The highest BCUT2D eigenvalue weighted by Gasteiger charge is 2.09. The number of nitrogens with zero attached hydrogens (tertiary/aromatic N) is 3. The molecule has 2 aromatic heterocycles. The van der Waals surface area contributed by atoms with Crippen molar-refractivity contribution in [1.82, 2.24) is 15.2 Å². The van der Waals surface area contributed by atoms with Crippen LogP contribution in [0.5, 0.6) is 0 Å². The minimum Gasteiger partial charge on any atom is -0.461 e. The SMILES string of the molecule is NC(CCl)=Nc1ccc(-c2n[nH]c(-c3ccco3)n2)cc1. The number of benzene rings is 1. The van der Waals surface area contributed by atoms with Crippen LogP contribution in [-0.2, 0) is 0 Å². The number of furan rings is 1. The van der Waals surface area contributed by atoms with Crippen molar-refractivity contribution in [2.45, 2.75) is 0 Å². The first-order valence-corrected chi connectivity index (χ1v) is 6.75. The summed E-state index contributed by atoms with van der Waals surface area (Å²) in [6, 6.07) is 11.0. The summed E-state index contributed by atoms with van der Waals surface area (Å²) in [5, 5.41) is 7.01. The maximum atomic E-state index is 5.59. The minimum atomic E-state index is 0.204. The van der Waals surface area contributed by atoms with Crippen molar-refractivity contribution in [3.63, 3.8) is 0 Å². The topological polar surface area (TPSA) is 93.1 Å². The zero-order valence-electron chi connectivity index (χ0n) is 11.0. The quantitative estimate of drug-likeness (QED) is 0.440. The van der Waals surface area contributed by atoms with Crippen LogP contribution in [-0.4, -0.2) is 26.9 Å². The van der Waals surface area contributed by atoms with Crippen molar-refractivity contribution in [2.24, 2.45) is 10.7 Å². The highest BCUT2D eigenvalue weighted by atomic mass is 35.5.